The van der Waals surface area contributed by atoms with Crippen molar-refractivity contribution in [2.24, 2.45) is 0 Å². The number of nitrogen functional groups attached to an aromatic ring is 1. The predicted octanol–water partition coefficient (Wildman–Crippen LogP) is 3.16. The zero-order valence-corrected chi connectivity index (χ0v) is 13.6. The van der Waals surface area contributed by atoms with Gasteiger partial charge in [0.15, 0.2) is 0 Å². The maximum absolute atomic E-state index is 12.5. The molecule has 0 amide bonds. The first-order valence-electron chi connectivity index (χ1n) is 5.93. The molecule has 0 atom stereocenters. The zero-order chi connectivity index (χ0) is 14.9. The Hall–Kier alpha value is -1.53. The van der Waals surface area contributed by atoms with Gasteiger partial charge in [-0.25, -0.2) is 8.42 Å². The van der Waals surface area contributed by atoms with Crippen LogP contribution in [0.2, 0.25) is 0 Å². The molecule has 2 rings (SSSR count). The van der Waals surface area contributed by atoms with Gasteiger partial charge in [0.1, 0.15) is 0 Å². The van der Waals surface area contributed by atoms with Crippen molar-refractivity contribution >= 4 is 37.3 Å². The van der Waals surface area contributed by atoms with E-state index in [0.717, 1.165) is 10.0 Å². The van der Waals surface area contributed by atoms with Gasteiger partial charge in [-0.3, -0.25) is 4.31 Å². The maximum atomic E-state index is 12.5. The number of nitrogens with two attached hydrogens (primary N) is 1. The molecule has 4 nitrogen and oxygen atoms in total. The molecule has 0 saturated heterocycles. The minimum atomic E-state index is -3.61. The van der Waals surface area contributed by atoms with Gasteiger partial charge in [-0.05, 0) is 37.3 Å². The molecule has 0 fully saturated rings. The molecule has 0 aliphatic rings. The number of anilines is 2. The summed E-state index contributed by atoms with van der Waals surface area (Å²) in [5.74, 6) is 0. The van der Waals surface area contributed by atoms with Crippen LogP contribution < -0.4 is 10.0 Å². The molecule has 0 aromatic heterocycles. The lowest BCUT2D eigenvalue weighted by atomic mass is 10.2. The molecular weight excluding hydrogens is 340 g/mol. The summed E-state index contributed by atoms with van der Waals surface area (Å²) in [6, 6.07) is 11.8. The van der Waals surface area contributed by atoms with Crippen LogP contribution in [-0.2, 0) is 10.0 Å². The molecule has 0 radical (unpaired) electrons. The molecule has 0 heterocycles. The quantitative estimate of drug-likeness (QED) is 0.861. The molecule has 106 valence electrons. The number of benzene rings is 2. The molecule has 0 unspecified atom stereocenters. The van der Waals surface area contributed by atoms with E-state index in [9.17, 15) is 8.42 Å². The van der Waals surface area contributed by atoms with Crippen LogP contribution in [0, 0.1) is 6.92 Å². The molecule has 0 aliphatic heterocycles. The minimum Gasteiger partial charge on any atom is -0.397 e. The van der Waals surface area contributed by atoms with Crippen LogP contribution >= 0.6 is 15.9 Å². The van der Waals surface area contributed by atoms with Gasteiger partial charge in [-0.15, -0.1) is 0 Å². The molecule has 2 aromatic carbocycles. The summed E-state index contributed by atoms with van der Waals surface area (Å²) in [6.45, 7) is 1.91. The molecule has 0 saturated carbocycles. The van der Waals surface area contributed by atoms with Gasteiger partial charge in [0.25, 0.3) is 10.0 Å². The second-order valence-corrected chi connectivity index (χ2v) is 7.37. The minimum absolute atomic E-state index is 0.243. The van der Waals surface area contributed by atoms with E-state index in [1.54, 1.807) is 42.5 Å². The highest BCUT2D eigenvalue weighted by Crippen LogP contribution is 2.29. The van der Waals surface area contributed by atoms with Gasteiger partial charge in [0, 0.05) is 11.5 Å². The van der Waals surface area contributed by atoms with Gasteiger partial charge < -0.3 is 5.73 Å². The third kappa shape index (κ3) is 2.81. The SMILES string of the molecule is Cc1ccc(S(=O)(=O)N(C)c2ccc(Br)cc2N)cc1. The summed E-state index contributed by atoms with van der Waals surface area (Å²) in [5, 5.41) is 0. The Bertz CT molecular complexity index is 727. The summed E-state index contributed by atoms with van der Waals surface area (Å²) in [5.41, 5.74) is 7.75. The summed E-state index contributed by atoms with van der Waals surface area (Å²) in [4.78, 5) is 0.243. The summed E-state index contributed by atoms with van der Waals surface area (Å²) in [7, 11) is -2.11. The molecule has 0 spiro atoms. The van der Waals surface area contributed by atoms with Crippen LogP contribution in [0.25, 0.3) is 0 Å². The van der Waals surface area contributed by atoms with Crippen molar-refractivity contribution in [2.45, 2.75) is 11.8 Å². The van der Waals surface area contributed by atoms with Gasteiger partial charge in [-0.2, -0.15) is 0 Å². The summed E-state index contributed by atoms with van der Waals surface area (Å²) >= 11 is 3.30. The van der Waals surface area contributed by atoms with Crippen molar-refractivity contribution in [3.8, 4) is 0 Å². The van der Waals surface area contributed by atoms with Crippen molar-refractivity contribution in [1.82, 2.24) is 0 Å². The second-order valence-electron chi connectivity index (χ2n) is 4.49. The average molecular weight is 355 g/mol. The lowest BCUT2D eigenvalue weighted by molar-refractivity contribution is 0.594. The van der Waals surface area contributed by atoms with Gasteiger partial charge in [0.2, 0.25) is 0 Å². The number of rotatable bonds is 3. The van der Waals surface area contributed by atoms with Gasteiger partial charge in [-0.1, -0.05) is 33.6 Å². The normalized spacial score (nSPS) is 11.3. The Labute approximate surface area is 127 Å². The van der Waals surface area contributed by atoms with Crippen molar-refractivity contribution < 1.29 is 8.42 Å². The van der Waals surface area contributed by atoms with Crippen molar-refractivity contribution in [1.29, 1.82) is 0 Å². The van der Waals surface area contributed by atoms with E-state index in [0.29, 0.717) is 11.4 Å². The first-order valence-corrected chi connectivity index (χ1v) is 8.16. The highest BCUT2D eigenvalue weighted by Gasteiger charge is 2.22. The molecule has 2 aromatic rings. The van der Waals surface area contributed by atoms with E-state index in [-0.39, 0.29) is 4.90 Å². The summed E-state index contributed by atoms with van der Waals surface area (Å²) in [6.07, 6.45) is 0. The summed E-state index contributed by atoms with van der Waals surface area (Å²) < 4.78 is 27.1. The lowest BCUT2D eigenvalue weighted by Gasteiger charge is -2.21. The van der Waals surface area contributed by atoms with Crippen molar-refractivity contribution in [2.75, 3.05) is 17.1 Å². The molecule has 0 bridgehead atoms. The Kier molecular flexibility index (Phi) is 4.06. The highest BCUT2D eigenvalue weighted by atomic mass is 79.9. The lowest BCUT2D eigenvalue weighted by Crippen LogP contribution is -2.27. The van der Waals surface area contributed by atoms with Crippen LogP contribution in [0.4, 0.5) is 11.4 Å². The van der Waals surface area contributed by atoms with Crippen LogP contribution in [0.1, 0.15) is 5.56 Å². The van der Waals surface area contributed by atoms with Crippen LogP contribution in [-0.4, -0.2) is 15.5 Å². The van der Waals surface area contributed by atoms with Crippen LogP contribution in [0.5, 0.6) is 0 Å². The smallest absolute Gasteiger partial charge is 0.264 e. The Morgan fingerprint density at radius 2 is 1.70 bits per heavy atom. The van der Waals surface area contributed by atoms with E-state index in [2.05, 4.69) is 15.9 Å². The maximum Gasteiger partial charge on any atom is 0.264 e. The highest BCUT2D eigenvalue weighted by molar-refractivity contribution is 9.10. The first kappa shape index (κ1) is 14.9. The second kappa shape index (κ2) is 5.46. The standard InChI is InChI=1S/C14H15BrN2O2S/c1-10-3-6-12(7-4-10)20(18,19)17(2)14-8-5-11(15)9-13(14)16/h3-9H,16H2,1-2H3. The number of sulfonamides is 1. The average Bonchev–Trinajstić information content (AvgIpc) is 2.38. The van der Waals surface area contributed by atoms with Gasteiger partial charge >= 0.3 is 0 Å². The monoisotopic (exact) mass is 354 g/mol. The Balaban J connectivity index is 2.45. The third-order valence-electron chi connectivity index (χ3n) is 3.01. The van der Waals surface area contributed by atoms with E-state index in [4.69, 9.17) is 5.73 Å². The van der Waals surface area contributed by atoms with Gasteiger partial charge in [0.05, 0.1) is 16.3 Å². The van der Waals surface area contributed by atoms with Crippen LogP contribution in [0.15, 0.2) is 51.8 Å². The number of nitrogens with zero attached hydrogens (tertiary/aromatic N) is 1. The third-order valence-corrected chi connectivity index (χ3v) is 5.29. The molecule has 6 heteroatoms. The molecular formula is C14H15BrN2O2S. The van der Waals surface area contributed by atoms with E-state index < -0.39 is 10.0 Å². The van der Waals surface area contributed by atoms with E-state index in [1.807, 2.05) is 6.92 Å². The van der Waals surface area contributed by atoms with Crippen LogP contribution in [0.3, 0.4) is 0 Å². The number of hydrogen-bond donors (Lipinski definition) is 1. The first-order chi connectivity index (χ1) is 9.32. The fourth-order valence-corrected chi connectivity index (χ4v) is 3.41. The topological polar surface area (TPSA) is 63.4 Å². The van der Waals surface area contributed by atoms with E-state index in [1.165, 1.54) is 11.4 Å². The number of hydrogen-bond acceptors (Lipinski definition) is 3. The number of aryl methyl sites for hydroxylation is 1. The Morgan fingerprint density at radius 3 is 2.25 bits per heavy atom. The molecule has 20 heavy (non-hydrogen) atoms. The fourth-order valence-electron chi connectivity index (χ4n) is 1.81. The molecule has 0 aliphatic carbocycles. The molecule has 2 N–H and O–H groups in total. The zero-order valence-electron chi connectivity index (χ0n) is 11.2. The van der Waals surface area contributed by atoms with Crippen molar-refractivity contribution in [3.63, 3.8) is 0 Å². The largest absolute Gasteiger partial charge is 0.397 e. The van der Waals surface area contributed by atoms with Crippen molar-refractivity contribution in [3.05, 3.63) is 52.5 Å². The number of halogens is 1. The predicted molar refractivity (Wildman–Crippen MR) is 85.3 cm³/mol. The fraction of sp³-hybridized carbons (Fsp3) is 0.143. The van der Waals surface area contributed by atoms with E-state index >= 15 is 0 Å². The Morgan fingerprint density at radius 1 is 1.10 bits per heavy atom.